The van der Waals surface area contributed by atoms with Crippen molar-refractivity contribution in [1.82, 2.24) is 0 Å². The molecule has 0 bridgehead atoms. The van der Waals surface area contributed by atoms with Gasteiger partial charge in [0.2, 0.25) is 0 Å². The van der Waals surface area contributed by atoms with Crippen LogP contribution in [-0.4, -0.2) is 5.54 Å². The van der Waals surface area contributed by atoms with Gasteiger partial charge in [0, 0.05) is 5.54 Å². The first kappa shape index (κ1) is 17.0. The largest absolute Gasteiger partial charge is 0.325 e. The van der Waals surface area contributed by atoms with Crippen LogP contribution < -0.4 is 5.73 Å². The van der Waals surface area contributed by atoms with E-state index in [0.29, 0.717) is 5.41 Å². The van der Waals surface area contributed by atoms with Crippen LogP contribution in [0.5, 0.6) is 0 Å². The third-order valence-electron chi connectivity index (χ3n) is 5.23. The molecule has 0 saturated heterocycles. The highest BCUT2D eigenvalue weighted by Crippen LogP contribution is 2.42. The molecule has 0 aromatic heterocycles. The van der Waals surface area contributed by atoms with Crippen molar-refractivity contribution in [3.05, 3.63) is 0 Å². The Morgan fingerprint density at radius 3 is 2.00 bits per heavy atom. The molecule has 1 saturated carbocycles. The second-order valence-electron chi connectivity index (χ2n) is 8.02. The molecule has 0 aliphatic heterocycles. The number of hydrogen-bond donors (Lipinski definition) is 1. The first-order chi connectivity index (χ1) is 8.87. The van der Waals surface area contributed by atoms with Crippen molar-refractivity contribution in [3.8, 4) is 0 Å². The second kappa shape index (κ2) is 7.67. The minimum absolute atomic E-state index is 0.173. The molecule has 19 heavy (non-hydrogen) atoms. The minimum atomic E-state index is 0.173. The number of unbranched alkanes of at least 4 members (excludes halogenated alkanes) is 5. The zero-order chi connectivity index (χ0) is 14.4. The molecule has 0 spiro atoms. The highest BCUT2D eigenvalue weighted by Gasteiger charge is 2.35. The van der Waals surface area contributed by atoms with Crippen LogP contribution in [0.4, 0.5) is 0 Å². The van der Waals surface area contributed by atoms with Crippen LogP contribution in [0.3, 0.4) is 0 Å². The maximum Gasteiger partial charge on any atom is 0.0154 e. The standard InChI is InChI=1S/C18H37N/c1-5-6-7-8-9-10-13-18(19)14-11-16(12-15-18)17(2,3)4/h16H,5-15,19H2,1-4H3. The van der Waals surface area contributed by atoms with E-state index in [-0.39, 0.29) is 5.54 Å². The van der Waals surface area contributed by atoms with Gasteiger partial charge < -0.3 is 5.73 Å². The summed E-state index contributed by atoms with van der Waals surface area (Å²) in [5.74, 6) is 0.883. The lowest BCUT2D eigenvalue weighted by Crippen LogP contribution is -2.44. The fourth-order valence-corrected chi connectivity index (χ4v) is 3.57. The van der Waals surface area contributed by atoms with Gasteiger partial charge in [-0.3, -0.25) is 0 Å². The van der Waals surface area contributed by atoms with E-state index >= 15 is 0 Å². The number of nitrogens with two attached hydrogens (primary N) is 1. The summed E-state index contributed by atoms with van der Waals surface area (Å²) in [7, 11) is 0. The summed E-state index contributed by atoms with van der Waals surface area (Å²) in [6.45, 7) is 9.43. The van der Waals surface area contributed by atoms with Crippen LogP contribution in [0.15, 0.2) is 0 Å². The second-order valence-corrected chi connectivity index (χ2v) is 8.02. The summed E-state index contributed by atoms with van der Waals surface area (Å²) in [6.07, 6.45) is 14.8. The normalized spacial score (nSPS) is 28.6. The summed E-state index contributed by atoms with van der Waals surface area (Å²) in [5.41, 5.74) is 7.25. The Morgan fingerprint density at radius 1 is 0.947 bits per heavy atom. The molecule has 1 aliphatic rings. The summed E-state index contributed by atoms with van der Waals surface area (Å²) < 4.78 is 0. The van der Waals surface area contributed by atoms with Gasteiger partial charge in [0.15, 0.2) is 0 Å². The highest BCUT2D eigenvalue weighted by molar-refractivity contribution is 4.92. The quantitative estimate of drug-likeness (QED) is 0.591. The Balaban J connectivity index is 2.17. The van der Waals surface area contributed by atoms with E-state index in [2.05, 4.69) is 27.7 Å². The first-order valence-electron chi connectivity index (χ1n) is 8.66. The zero-order valence-corrected chi connectivity index (χ0v) is 13.9. The molecule has 0 amide bonds. The fourth-order valence-electron chi connectivity index (χ4n) is 3.57. The van der Waals surface area contributed by atoms with Gasteiger partial charge in [-0.15, -0.1) is 0 Å². The molecular formula is C18H37N. The van der Waals surface area contributed by atoms with Gasteiger partial charge in [-0.2, -0.15) is 0 Å². The molecular weight excluding hydrogens is 230 g/mol. The minimum Gasteiger partial charge on any atom is -0.325 e. The predicted octanol–water partition coefficient (Wildman–Crippen LogP) is 5.67. The van der Waals surface area contributed by atoms with E-state index in [1.54, 1.807) is 0 Å². The van der Waals surface area contributed by atoms with Gasteiger partial charge in [-0.05, 0) is 43.4 Å². The van der Waals surface area contributed by atoms with Crippen LogP contribution in [-0.2, 0) is 0 Å². The molecule has 0 radical (unpaired) electrons. The van der Waals surface area contributed by atoms with E-state index < -0.39 is 0 Å². The van der Waals surface area contributed by atoms with Crippen LogP contribution in [0.25, 0.3) is 0 Å². The molecule has 1 aliphatic carbocycles. The molecule has 1 heteroatoms. The van der Waals surface area contributed by atoms with E-state index in [4.69, 9.17) is 5.73 Å². The van der Waals surface area contributed by atoms with E-state index in [9.17, 15) is 0 Å². The Kier molecular flexibility index (Phi) is 6.86. The van der Waals surface area contributed by atoms with Crippen molar-refractivity contribution in [2.75, 3.05) is 0 Å². The molecule has 114 valence electrons. The predicted molar refractivity (Wildman–Crippen MR) is 86.3 cm³/mol. The van der Waals surface area contributed by atoms with Gasteiger partial charge in [-0.25, -0.2) is 0 Å². The van der Waals surface area contributed by atoms with Crippen molar-refractivity contribution < 1.29 is 0 Å². The Hall–Kier alpha value is -0.0400. The number of hydrogen-bond acceptors (Lipinski definition) is 1. The lowest BCUT2D eigenvalue weighted by Gasteiger charge is -2.42. The topological polar surface area (TPSA) is 26.0 Å². The third kappa shape index (κ3) is 6.29. The molecule has 2 N–H and O–H groups in total. The molecule has 0 unspecified atom stereocenters. The van der Waals surface area contributed by atoms with Crippen LogP contribution in [0.1, 0.15) is 98.3 Å². The van der Waals surface area contributed by atoms with Crippen molar-refractivity contribution in [3.63, 3.8) is 0 Å². The van der Waals surface area contributed by atoms with Gasteiger partial charge in [0.1, 0.15) is 0 Å². The summed E-state index contributed by atoms with van der Waals surface area (Å²) >= 11 is 0. The van der Waals surface area contributed by atoms with Crippen molar-refractivity contribution >= 4 is 0 Å². The molecule has 1 nitrogen and oxygen atoms in total. The third-order valence-corrected chi connectivity index (χ3v) is 5.23. The summed E-state index contributed by atoms with van der Waals surface area (Å²) in [5, 5.41) is 0. The van der Waals surface area contributed by atoms with E-state index in [0.717, 1.165) is 5.92 Å². The molecule has 0 atom stereocenters. The molecule has 1 rings (SSSR count). The Morgan fingerprint density at radius 2 is 1.47 bits per heavy atom. The lowest BCUT2D eigenvalue weighted by molar-refractivity contribution is 0.128. The molecule has 0 aromatic carbocycles. The first-order valence-corrected chi connectivity index (χ1v) is 8.66. The van der Waals surface area contributed by atoms with Crippen LogP contribution in [0.2, 0.25) is 0 Å². The average Bonchev–Trinajstić information content (AvgIpc) is 2.33. The van der Waals surface area contributed by atoms with Crippen LogP contribution in [0, 0.1) is 11.3 Å². The summed E-state index contributed by atoms with van der Waals surface area (Å²) in [6, 6.07) is 0. The van der Waals surface area contributed by atoms with Crippen LogP contribution >= 0.6 is 0 Å². The maximum atomic E-state index is 6.61. The molecule has 1 fully saturated rings. The summed E-state index contributed by atoms with van der Waals surface area (Å²) in [4.78, 5) is 0. The Labute approximate surface area is 121 Å². The SMILES string of the molecule is CCCCCCCCC1(N)CCC(C(C)(C)C)CC1. The maximum absolute atomic E-state index is 6.61. The lowest BCUT2D eigenvalue weighted by atomic mass is 9.66. The van der Waals surface area contributed by atoms with Crippen molar-refractivity contribution in [1.29, 1.82) is 0 Å². The van der Waals surface area contributed by atoms with Gasteiger partial charge in [0.05, 0.1) is 0 Å². The molecule has 0 heterocycles. The fraction of sp³-hybridized carbons (Fsp3) is 1.00. The monoisotopic (exact) mass is 267 g/mol. The zero-order valence-electron chi connectivity index (χ0n) is 13.9. The van der Waals surface area contributed by atoms with Gasteiger partial charge in [-0.1, -0.05) is 66.2 Å². The Bertz CT molecular complexity index is 231. The number of rotatable bonds is 7. The highest BCUT2D eigenvalue weighted by atomic mass is 14.7. The van der Waals surface area contributed by atoms with Crippen molar-refractivity contribution in [2.24, 2.45) is 17.1 Å². The van der Waals surface area contributed by atoms with E-state index in [1.807, 2.05) is 0 Å². The van der Waals surface area contributed by atoms with Gasteiger partial charge in [0.25, 0.3) is 0 Å². The van der Waals surface area contributed by atoms with Gasteiger partial charge >= 0.3 is 0 Å². The van der Waals surface area contributed by atoms with Crippen molar-refractivity contribution in [2.45, 2.75) is 104 Å². The average molecular weight is 268 g/mol. The smallest absolute Gasteiger partial charge is 0.0154 e. The molecule has 0 aromatic rings. The van der Waals surface area contributed by atoms with E-state index in [1.165, 1.54) is 70.6 Å².